The van der Waals surface area contributed by atoms with Gasteiger partial charge >= 0.3 is 5.97 Å². The van der Waals surface area contributed by atoms with Crippen LogP contribution in [-0.4, -0.2) is 29.0 Å². The molecule has 2 N–H and O–H groups in total. The van der Waals surface area contributed by atoms with E-state index in [2.05, 4.69) is 0 Å². The summed E-state index contributed by atoms with van der Waals surface area (Å²) in [5, 5.41) is 0.998. The van der Waals surface area contributed by atoms with E-state index in [0.29, 0.717) is 19.4 Å². The number of ether oxygens (including phenoxy) is 1. The Labute approximate surface area is 95.2 Å². The van der Waals surface area contributed by atoms with Crippen LogP contribution in [0.2, 0.25) is 0 Å². The lowest BCUT2D eigenvalue weighted by atomic mass is 10.2. The standard InChI is InChI=1S/C11H18N2O3/c1-4-16-10(15)11(5-6-11)13(12)9(14)7-8(2)3/h7H,4-6,12H2,1-3H3. The molecule has 1 fully saturated rings. The minimum absolute atomic E-state index is 0.297. The summed E-state index contributed by atoms with van der Waals surface area (Å²) in [5.41, 5.74) is -0.0703. The van der Waals surface area contributed by atoms with Crippen molar-refractivity contribution < 1.29 is 14.3 Å². The molecule has 0 aliphatic heterocycles. The van der Waals surface area contributed by atoms with Gasteiger partial charge in [-0.05, 0) is 33.6 Å². The molecular weight excluding hydrogens is 208 g/mol. The summed E-state index contributed by atoms with van der Waals surface area (Å²) in [6.07, 6.45) is 2.56. The molecule has 0 radical (unpaired) electrons. The van der Waals surface area contributed by atoms with Crippen molar-refractivity contribution >= 4 is 11.9 Å². The summed E-state index contributed by atoms with van der Waals surface area (Å²) in [6, 6.07) is 0. The van der Waals surface area contributed by atoms with Crippen molar-refractivity contribution in [3.8, 4) is 0 Å². The fraction of sp³-hybridized carbons (Fsp3) is 0.636. The number of allylic oxidation sites excluding steroid dienone is 1. The number of esters is 1. The van der Waals surface area contributed by atoms with Crippen molar-refractivity contribution in [2.24, 2.45) is 5.84 Å². The van der Waals surface area contributed by atoms with Crippen molar-refractivity contribution in [3.63, 3.8) is 0 Å². The normalized spacial score (nSPS) is 16.2. The van der Waals surface area contributed by atoms with E-state index in [-0.39, 0.29) is 5.91 Å². The second-order valence-corrected chi connectivity index (χ2v) is 4.18. The van der Waals surface area contributed by atoms with E-state index in [1.807, 2.05) is 0 Å². The van der Waals surface area contributed by atoms with Crippen LogP contribution >= 0.6 is 0 Å². The Kier molecular flexibility index (Phi) is 3.70. The third kappa shape index (κ3) is 2.41. The molecule has 1 saturated carbocycles. The predicted octanol–water partition coefficient (Wildman–Crippen LogP) is 0.751. The SMILES string of the molecule is CCOC(=O)C1(N(N)C(=O)C=C(C)C)CC1. The number of rotatable bonds is 4. The molecule has 0 bridgehead atoms. The Morgan fingerprint density at radius 1 is 1.44 bits per heavy atom. The first-order valence-corrected chi connectivity index (χ1v) is 5.35. The maximum Gasteiger partial charge on any atom is 0.333 e. The molecule has 0 spiro atoms. The first-order chi connectivity index (χ1) is 7.44. The van der Waals surface area contributed by atoms with Gasteiger partial charge in [0.2, 0.25) is 0 Å². The first kappa shape index (κ1) is 12.7. The first-order valence-electron chi connectivity index (χ1n) is 5.35. The molecular formula is C11H18N2O3. The summed E-state index contributed by atoms with van der Waals surface area (Å²) >= 11 is 0. The van der Waals surface area contributed by atoms with E-state index in [9.17, 15) is 9.59 Å². The smallest absolute Gasteiger partial charge is 0.333 e. The van der Waals surface area contributed by atoms with Gasteiger partial charge in [-0.2, -0.15) is 0 Å². The summed E-state index contributed by atoms with van der Waals surface area (Å²) < 4.78 is 4.91. The van der Waals surface area contributed by atoms with E-state index in [0.717, 1.165) is 10.6 Å². The third-order valence-electron chi connectivity index (χ3n) is 2.49. The molecule has 16 heavy (non-hydrogen) atoms. The van der Waals surface area contributed by atoms with E-state index >= 15 is 0 Å². The van der Waals surface area contributed by atoms with E-state index < -0.39 is 11.5 Å². The lowest BCUT2D eigenvalue weighted by Gasteiger charge is -2.24. The molecule has 5 heteroatoms. The van der Waals surface area contributed by atoms with Crippen LogP contribution in [0.5, 0.6) is 0 Å². The lowest BCUT2D eigenvalue weighted by molar-refractivity contribution is -0.155. The van der Waals surface area contributed by atoms with Gasteiger partial charge in [-0.3, -0.25) is 9.80 Å². The molecule has 5 nitrogen and oxygen atoms in total. The van der Waals surface area contributed by atoms with Crippen LogP contribution in [-0.2, 0) is 14.3 Å². The molecule has 1 amide bonds. The van der Waals surface area contributed by atoms with Crippen molar-refractivity contribution in [3.05, 3.63) is 11.6 Å². The van der Waals surface area contributed by atoms with Crippen molar-refractivity contribution in [1.82, 2.24) is 5.01 Å². The highest BCUT2D eigenvalue weighted by Crippen LogP contribution is 2.41. The summed E-state index contributed by atoms with van der Waals surface area (Å²) in [6.45, 7) is 5.63. The van der Waals surface area contributed by atoms with Crippen LogP contribution in [0.25, 0.3) is 0 Å². The molecule has 1 aliphatic rings. The number of nitrogens with zero attached hydrogens (tertiary/aromatic N) is 1. The predicted molar refractivity (Wildman–Crippen MR) is 59.1 cm³/mol. The second-order valence-electron chi connectivity index (χ2n) is 4.18. The van der Waals surface area contributed by atoms with Crippen LogP contribution in [0.3, 0.4) is 0 Å². The van der Waals surface area contributed by atoms with Crippen LogP contribution in [0.15, 0.2) is 11.6 Å². The number of hydrogen-bond acceptors (Lipinski definition) is 4. The van der Waals surface area contributed by atoms with Gasteiger partial charge < -0.3 is 4.74 Å². The number of hydrogen-bond donors (Lipinski definition) is 1. The molecule has 1 aliphatic carbocycles. The molecule has 0 atom stereocenters. The number of amides is 1. The van der Waals surface area contributed by atoms with Gasteiger partial charge in [-0.1, -0.05) is 5.57 Å². The van der Waals surface area contributed by atoms with E-state index in [1.54, 1.807) is 20.8 Å². The average Bonchev–Trinajstić information content (AvgIpc) is 2.96. The highest BCUT2D eigenvalue weighted by Gasteiger charge is 2.57. The Hall–Kier alpha value is -1.36. The molecule has 0 aromatic rings. The highest BCUT2D eigenvalue weighted by molar-refractivity contribution is 5.95. The largest absolute Gasteiger partial charge is 0.464 e. The summed E-state index contributed by atoms with van der Waals surface area (Å²) in [5.74, 6) is 4.91. The molecule has 0 unspecified atom stereocenters. The maximum absolute atomic E-state index is 11.7. The van der Waals surface area contributed by atoms with Crippen LogP contribution in [0.1, 0.15) is 33.6 Å². The lowest BCUT2D eigenvalue weighted by Crippen LogP contribution is -2.51. The third-order valence-corrected chi connectivity index (χ3v) is 2.49. The fourth-order valence-corrected chi connectivity index (χ4v) is 1.45. The Bertz CT molecular complexity index is 328. The van der Waals surface area contributed by atoms with Gasteiger partial charge in [0.1, 0.15) is 0 Å². The van der Waals surface area contributed by atoms with Crippen molar-refractivity contribution in [2.75, 3.05) is 6.61 Å². The zero-order valence-corrected chi connectivity index (χ0v) is 9.95. The molecule has 90 valence electrons. The highest BCUT2D eigenvalue weighted by atomic mass is 16.5. The minimum Gasteiger partial charge on any atom is -0.464 e. The number of carbonyl (C=O) groups is 2. The second kappa shape index (κ2) is 4.65. The maximum atomic E-state index is 11.7. The Morgan fingerprint density at radius 3 is 2.38 bits per heavy atom. The quantitative estimate of drug-likeness (QED) is 0.252. The topological polar surface area (TPSA) is 72.6 Å². The van der Waals surface area contributed by atoms with Gasteiger partial charge in [0.25, 0.3) is 5.91 Å². The Balaban J connectivity index is 2.73. The van der Waals surface area contributed by atoms with Gasteiger partial charge in [0.15, 0.2) is 5.54 Å². The van der Waals surface area contributed by atoms with Gasteiger partial charge in [-0.15, -0.1) is 0 Å². The molecule has 0 heterocycles. The summed E-state index contributed by atoms with van der Waals surface area (Å²) in [4.78, 5) is 23.3. The molecule has 0 aromatic carbocycles. The van der Waals surface area contributed by atoms with Crippen molar-refractivity contribution in [1.29, 1.82) is 0 Å². The van der Waals surface area contributed by atoms with Gasteiger partial charge in [0, 0.05) is 6.08 Å². The number of nitrogens with two attached hydrogens (primary N) is 1. The minimum atomic E-state index is -0.918. The van der Waals surface area contributed by atoms with Gasteiger partial charge in [0.05, 0.1) is 6.61 Å². The summed E-state index contributed by atoms with van der Waals surface area (Å²) in [7, 11) is 0. The van der Waals surface area contributed by atoms with E-state index in [1.165, 1.54) is 6.08 Å². The average molecular weight is 226 g/mol. The zero-order chi connectivity index (χ0) is 12.3. The van der Waals surface area contributed by atoms with Crippen LogP contribution in [0.4, 0.5) is 0 Å². The number of carbonyl (C=O) groups excluding carboxylic acids is 2. The monoisotopic (exact) mass is 226 g/mol. The number of hydrazine groups is 1. The molecule has 0 aromatic heterocycles. The molecule has 0 saturated heterocycles. The van der Waals surface area contributed by atoms with Crippen molar-refractivity contribution in [2.45, 2.75) is 39.2 Å². The van der Waals surface area contributed by atoms with Gasteiger partial charge in [-0.25, -0.2) is 10.6 Å². The Morgan fingerprint density at radius 2 is 2.00 bits per heavy atom. The zero-order valence-electron chi connectivity index (χ0n) is 9.95. The van der Waals surface area contributed by atoms with E-state index in [4.69, 9.17) is 10.6 Å². The fourth-order valence-electron chi connectivity index (χ4n) is 1.45. The van der Waals surface area contributed by atoms with Crippen LogP contribution < -0.4 is 5.84 Å². The van der Waals surface area contributed by atoms with Crippen LogP contribution in [0, 0.1) is 0 Å². The molecule has 1 rings (SSSR count).